The van der Waals surface area contributed by atoms with Crippen LogP contribution >= 0.6 is 0 Å². The van der Waals surface area contributed by atoms with E-state index in [1.807, 2.05) is 0 Å². The summed E-state index contributed by atoms with van der Waals surface area (Å²) in [7, 11) is 0. The smallest absolute Gasteiger partial charge is 0.143 e. The lowest BCUT2D eigenvalue weighted by Gasteiger charge is -2.29. The van der Waals surface area contributed by atoms with Crippen LogP contribution in [0.2, 0.25) is 0 Å². The predicted octanol–water partition coefficient (Wildman–Crippen LogP) is 4.47. The number of hydrogen-bond donors (Lipinski definition) is 3. The zero-order valence-corrected chi connectivity index (χ0v) is 19.5. The largest absolute Gasteiger partial charge is 0.392 e. The molecule has 0 spiro atoms. The Morgan fingerprint density at radius 3 is 2.31 bits per heavy atom. The van der Waals surface area contributed by atoms with E-state index in [1.165, 1.54) is 16.7 Å². The first-order chi connectivity index (χ1) is 13.6. The topological polar surface area (TPSA) is 75.7 Å². The van der Waals surface area contributed by atoms with Crippen LogP contribution in [0.25, 0.3) is 0 Å². The van der Waals surface area contributed by atoms with Crippen molar-refractivity contribution in [1.82, 2.24) is 0 Å². The van der Waals surface area contributed by atoms with Gasteiger partial charge in [0.1, 0.15) is 6.79 Å². The number of rotatable bonds is 14. The molecule has 4 N–H and O–H groups in total. The second kappa shape index (κ2) is 13.4. The summed E-state index contributed by atoms with van der Waals surface area (Å²) < 4.78 is 5.05. The molecule has 0 aliphatic heterocycles. The minimum absolute atomic E-state index is 0.177. The molecule has 4 heteroatoms. The van der Waals surface area contributed by atoms with E-state index in [9.17, 15) is 5.11 Å². The lowest BCUT2D eigenvalue weighted by Crippen LogP contribution is -2.39. The molecule has 0 saturated carbocycles. The molecule has 1 aromatic rings. The van der Waals surface area contributed by atoms with Crippen LogP contribution in [0.3, 0.4) is 0 Å². The third kappa shape index (κ3) is 9.61. The zero-order chi connectivity index (χ0) is 22.0. The Morgan fingerprint density at radius 1 is 1.03 bits per heavy atom. The molecule has 0 fully saturated rings. The molecule has 4 nitrogen and oxygen atoms in total. The summed E-state index contributed by atoms with van der Waals surface area (Å²) >= 11 is 0. The Labute approximate surface area is 178 Å². The molecule has 0 aliphatic carbocycles. The third-order valence-corrected chi connectivity index (χ3v) is 6.50. The van der Waals surface area contributed by atoms with Gasteiger partial charge in [-0.05, 0) is 79.4 Å². The number of aliphatic hydroxyl groups excluding tert-OH is 2. The van der Waals surface area contributed by atoms with E-state index in [0.29, 0.717) is 30.3 Å². The number of aliphatic hydroxyl groups is 2. The van der Waals surface area contributed by atoms with Crippen LogP contribution < -0.4 is 5.73 Å². The van der Waals surface area contributed by atoms with Crippen LogP contribution in [-0.4, -0.2) is 35.8 Å². The molecule has 0 aliphatic rings. The first-order valence-corrected chi connectivity index (χ1v) is 11.4. The van der Waals surface area contributed by atoms with Crippen molar-refractivity contribution in [2.75, 3.05) is 13.4 Å². The maximum atomic E-state index is 10.6. The van der Waals surface area contributed by atoms with Gasteiger partial charge in [-0.1, -0.05) is 52.8 Å². The average molecular weight is 408 g/mol. The van der Waals surface area contributed by atoms with Gasteiger partial charge in [0, 0.05) is 12.6 Å². The zero-order valence-electron chi connectivity index (χ0n) is 19.5. The highest BCUT2D eigenvalue weighted by molar-refractivity contribution is 5.31. The van der Waals surface area contributed by atoms with Crippen molar-refractivity contribution >= 4 is 0 Å². The van der Waals surface area contributed by atoms with Gasteiger partial charge in [-0.15, -0.1) is 0 Å². The summed E-state index contributed by atoms with van der Waals surface area (Å²) in [5.74, 6) is 2.00. The van der Waals surface area contributed by atoms with Gasteiger partial charge < -0.3 is 20.7 Å². The molecular formula is C25H45NO3. The van der Waals surface area contributed by atoms with E-state index in [-0.39, 0.29) is 12.8 Å². The van der Waals surface area contributed by atoms with Gasteiger partial charge in [0.15, 0.2) is 0 Å². The highest BCUT2D eigenvalue weighted by atomic mass is 16.6. The minimum Gasteiger partial charge on any atom is -0.392 e. The average Bonchev–Trinajstić information content (AvgIpc) is 2.66. The van der Waals surface area contributed by atoms with Crippen molar-refractivity contribution in [3.8, 4) is 0 Å². The SMILES string of the molecule is Cc1ccc(C[C@@H](C[C@H](N)[C@@H](O)C[C@H](C)C(C)C)C(C)C)cc1CCCOCO. The van der Waals surface area contributed by atoms with Crippen molar-refractivity contribution in [3.05, 3.63) is 34.9 Å². The molecule has 0 heterocycles. The first kappa shape index (κ1) is 26.1. The number of aryl methyl sites for hydroxylation is 2. The van der Waals surface area contributed by atoms with Crippen LogP contribution in [-0.2, 0) is 17.6 Å². The molecule has 4 atom stereocenters. The van der Waals surface area contributed by atoms with Crippen LogP contribution in [0.4, 0.5) is 0 Å². The number of ether oxygens (including phenoxy) is 1. The molecule has 0 radical (unpaired) electrons. The fraction of sp³-hybridized carbons (Fsp3) is 0.760. The van der Waals surface area contributed by atoms with E-state index in [1.54, 1.807) is 0 Å². The van der Waals surface area contributed by atoms with E-state index in [4.69, 9.17) is 15.6 Å². The van der Waals surface area contributed by atoms with Crippen molar-refractivity contribution in [2.24, 2.45) is 29.4 Å². The lowest BCUT2D eigenvalue weighted by molar-refractivity contribution is -0.00210. The molecule has 168 valence electrons. The minimum atomic E-state index is -0.436. The second-order valence-corrected chi connectivity index (χ2v) is 9.53. The summed E-state index contributed by atoms with van der Waals surface area (Å²) in [4.78, 5) is 0. The number of hydrogen-bond acceptors (Lipinski definition) is 4. The van der Waals surface area contributed by atoms with Crippen LogP contribution in [0.1, 0.15) is 70.6 Å². The Kier molecular flexibility index (Phi) is 12.0. The fourth-order valence-electron chi connectivity index (χ4n) is 3.78. The fourth-order valence-corrected chi connectivity index (χ4v) is 3.78. The van der Waals surface area contributed by atoms with E-state index >= 15 is 0 Å². The first-order valence-electron chi connectivity index (χ1n) is 11.4. The van der Waals surface area contributed by atoms with Gasteiger partial charge in [-0.3, -0.25) is 0 Å². The molecule has 0 unspecified atom stereocenters. The summed E-state index contributed by atoms with van der Waals surface area (Å²) in [6, 6.07) is 6.56. The van der Waals surface area contributed by atoms with Gasteiger partial charge in [-0.25, -0.2) is 0 Å². The lowest BCUT2D eigenvalue weighted by atomic mass is 9.81. The van der Waals surface area contributed by atoms with Crippen molar-refractivity contribution in [3.63, 3.8) is 0 Å². The maximum absolute atomic E-state index is 10.6. The van der Waals surface area contributed by atoms with Gasteiger partial charge in [0.05, 0.1) is 6.10 Å². The summed E-state index contributed by atoms with van der Waals surface area (Å²) in [5, 5.41) is 19.3. The highest BCUT2D eigenvalue weighted by Crippen LogP contribution is 2.26. The normalized spacial score (nSPS) is 16.2. The molecule has 0 amide bonds. The summed E-state index contributed by atoms with van der Waals surface area (Å²) in [6.45, 7) is 13.6. The van der Waals surface area contributed by atoms with Crippen molar-refractivity contribution in [1.29, 1.82) is 0 Å². The van der Waals surface area contributed by atoms with Crippen LogP contribution in [0.5, 0.6) is 0 Å². The number of benzene rings is 1. The van der Waals surface area contributed by atoms with Crippen LogP contribution in [0.15, 0.2) is 18.2 Å². The Hall–Kier alpha value is -0.940. The Balaban J connectivity index is 2.73. The summed E-state index contributed by atoms with van der Waals surface area (Å²) in [6.07, 6.45) is 4.03. The van der Waals surface area contributed by atoms with Gasteiger partial charge in [-0.2, -0.15) is 0 Å². The molecule has 0 saturated heterocycles. The molecule has 1 aromatic carbocycles. The van der Waals surface area contributed by atoms with E-state index in [2.05, 4.69) is 59.7 Å². The monoisotopic (exact) mass is 407 g/mol. The van der Waals surface area contributed by atoms with Gasteiger partial charge in [0.2, 0.25) is 0 Å². The van der Waals surface area contributed by atoms with Crippen molar-refractivity contribution in [2.45, 2.75) is 85.8 Å². The quantitative estimate of drug-likeness (QED) is 0.314. The predicted molar refractivity (Wildman–Crippen MR) is 122 cm³/mol. The standard InChI is InChI=1S/C25H45NO3/c1-17(2)20(6)12-25(28)24(26)15-23(18(3)4)14-21-10-9-19(5)22(13-21)8-7-11-29-16-27/h9-10,13,17-18,20,23-25,27-28H,7-8,11-12,14-16,26H2,1-6H3/t20-,23-,24-,25-/m0/s1. The summed E-state index contributed by atoms with van der Waals surface area (Å²) in [5.41, 5.74) is 10.4. The molecule has 0 aromatic heterocycles. The highest BCUT2D eigenvalue weighted by Gasteiger charge is 2.24. The Morgan fingerprint density at radius 2 is 1.72 bits per heavy atom. The number of nitrogens with two attached hydrogens (primary N) is 1. The molecule has 1 rings (SSSR count). The second-order valence-electron chi connectivity index (χ2n) is 9.53. The van der Waals surface area contributed by atoms with Gasteiger partial charge >= 0.3 is 0 Å². The third-order valence-electron chi connectivity index (χ3n) is 6.50. The maximum Gasteiger partial charge on any atom is 0.143 e. The van der Waals surface area contributed by atoms with E-state index in [0.717, 1.165) is 32.1 Å². The molecular weight excluding hydrogens is 362 g/mol. The Bertz CT molecular complexity index is 573. The van der Waals surface area contributed by atoms with E-state index < -0.39 is 6.10 Å². The molecule has 0 bridgehead atoms. The van der Waals surface area contributed by atoms with Crippen LogP contribution in [0, 0.1) is 30.6 Å². The molecule has 29 heavy (non-hydrogen) atoms. The van der Waals surface area contributed by atoms with Crippen molar-refractivity contribution < 1.29 is 14.9 Å². The van der Waals surface area contributed by atoms with Gasteiger partial charge in [0.25, 0.3) is 0 Å².